The third-order valence-corrected chi connectivity index (χ3v) is 10.4. The Bertz CT molecular complexity index is 2360. The summed E-state index contributed by atoms with van der Waals surface area (Å²) in [6, 6.07) is 73.0. The first-order valence-electron chi connectivity index (χ1n) is 17.6. The van der Waals surface area contributed by atoms with Crippen LogP contribution in [0.1, 0.15) is 22.6 Å². The number of benzene rings is 8. The minimum Gasteiger partial charge on any atom is -0.310 e. The molecule has 0 radical (unpaired) electrons. The first-order valence-corrected chi connectivity index (χ1v) is 17.6. The van der Waals surface area contributed by atoms with E-state index in [0.717, 1.165) is 11.4 Å². The third-order valence-electron chi connectivity index (χ3n) is 10.4. The zero-order chi connectivity index (χ0) is 33.7. The maximum atomic E-state index is 2.49. The number of nitrogens with zero attached hydrogens (tertiary/aromatic N) is 2. The largest absolute Gasteiger partial charge is 0.310 e. The predicted molar refractivity (Wildman–Crippen MR) is 213 cm³/mol. The lowest BCUT2D eigenvalue weighted by molar-refractivity contribution is 0.910. The molecule has 8 aromatic rings. The zero-order valence-electron chi connectivity index (χ0n) is 28.0. The summed E-state index contributed by atoms with van der Waals surface area (Å²) < 4.78 is 0. The zero-order valence-corrected chi connectivity index (χ0v) is 28.0. The Kier molecular flexibility index (Phi) is 6.92. The molecule has 0 saturated carbocycles. The van der Waals surface area contributed by atoms with Gasteiger partial charge in [-0.1, -0.05) is 140 Å². The maximum Gasteiger partial charge on any atom is 0.0530 e. The second-order valence-electron chi connectivity index (χ2n) is 13.3. The molecule has 0 aliphatic carbocycles. The highest BCUT2D eigenvalue weighted by Gasteiger charge is 2.41. The Morgan fingerprint density at radius 2 is 0.627 bits per heavy atom. The van der Waals surface area contributed by atoms with Crippen LogP contribution in [0, 0.1) is 0 Å². The predicted octanol–water partition coefficient (Wildman–Crippen LogP) is 13.4. The van der Waals surface area contributed by atoms with E-state index in [0.29, 0.717) is 0 Å². The van der Waals surface area contributed by atoms with Gasteiger partial charge in [0.05, 0.1) is 22.7 Å². The topological polar surface area (TPSA) is 6.48 Å². The van der Waals surface area contributed by atoms with Gasteiger partial charge in [0.1, 0.15) is 0 Å². The van der Waals surface area contributed by atoms with Crippen molar-refractivity contribution in [3.05, 3.63) is 217 Å². The molecule has 2 aliphatic rings. The highest BCUT2D eigenvalue weighted by Crippen LogP contribution is 2.61. The van der Waals surface area contributed by atoms with Crippen LogP contribution in [0.5, 0.6) is 0 Å². The van der Waals surface area contributed by atoms with Gasteiger partial charge in [-0.15, -0.1) is 0 Å². The minimum atomic E-state index is 0.0112. The van der Waals surface area contributed by atoms with Crippen molar-refractivity contribution in [2.75, 3.05) is 9.80 Å². The van der Waals surface area contributed by atoms with E-state index in [9.17, 15) is 0 Å². The second-order valence-corrected chi connectivity index (χ2v) is 13.3. The highest BCUT2D eigenvalue weighted by atomic mass is 15.2. The van der Waals surface area contributed by atoms with E-state index in [-0.39, 0.29) is 5.92 Å². The molecule has 51 heavy (non-hydrogen) atoms. The van der Waals surface area contributed by atoms with E-state index < -0.39 is 0 Å². The molecular formula is C49H34N2. The van der Waals surface area contributed by atoms with Crippen LogP contribution in [0.3, 0.4) is 0 Å². The lowest BCUT2D eigenvalue weighted by Gasteiger charge is -2.45. The van der Waals surface area contributed by atoms with Crippen molar-refractivity contribution >= 4 is 34.1 Å². The standard InChI is InChI=1S/C49H34N2/c1-6-16-34(17-7-1)37-26-28-44-42(30-37)48-43-31-38(35-18-8-2-9-19-35)27-29-45(43)51(41-24-14-5-15-25-41)47-33-39(36-20-10-3-11-21-36)32-46(49(47)48)50(44)40-22-12-4-13-23-40/h1-33,48H. The lowest BCUT2D eigenvalue weighted by Crippen LogP contribution is -2.29. The van der Waals surface area contributed by atoms with Gasteiger partial charge in [0, 0.05) is 22.9 Å². The Labute approximate surface area is 299 Å². The van der Waals surface area contributed by atoms with E-state index in [4.69, 9.17) is 0 Å². The molecule has 0 spiro atoms. The van der Waals surface area contributed by atoms with E-state index in [1.807, 2.05) is 0 Å². The summed E-state index contributed by atoms with van der Waals surface area (Å²) in [5.74, 6) is 0.0112. The molecule has 0 N–H and O–H groups in total. The van der Waals surface area contributed by atoms with Crippen LogP contribution in [0.15, 0.2) is 200 Å². The molecule has 2 aliphatic heterocycles. The number of para-hydroxylation sites is 2. The van der Waals surface area contributed by atoms with Crippen LogP contribution < -0.4 is 9.80 Å². The Balaban J connectivity index is 1.33. The average Bonchev–Trinajstić information content (AvgIpc) is 3.22. The molecule has 2 heteroatoms. The SMILES string of the molecule is c1ccc(-c2ccc3c(c2)C2c4cc(-c5ccccc5)ccc4N(c4ccccc4)c4cc(-c5ccccc5)cc(c42)N3c2ccccc2)cc1. The molecule has 0 saturated heterocycles. The van der Waals surface area contributed by atoms with Crippen LogP contribution >= 0.6 is 0 Å². The van der Waals surface area contributed by atoms with Gasteiger partial charge >= 0.3 is 0 Å². The third kappa shape index (κ3) is 4.87. The van der Waals surface area contributed by atoms with Gasteiger partial charge < -0.3 is 9.80 Å². The molecule has 2 heterocycles. The number of anilines is 6. The highest BCUT2D eigenvalue weighted by molar-refractivity contribution is 5.99. The molecule has 0 bridgehead atoms. The molecule has 10 rings (SSSR count). The van der Waals surface area contributed by atoms with Gasteiger partial charge in [0.25, 0.3) is 0 Å². The molecule has 240 valence electrons. The van der Waals surface area contributed by atoms with Crippen molar-refractivity contribution in [3.8, 4) is 33.4 Å². The molecule has 2 nitrogen and oxygen atoms in total. The normalized spacial score (nSPS) is 12.9. The summed E-state index contributed by atoms with van der Waals surface area (Å²) in [6.07, 6.45) is 0. The molecule has 0 unspecified atom stereocenters. The summed E-state index contributed by atoms with van der Waals surface area (Å²) in [6.45, 7) is 0. The molecule has 0 atom stereocenters. The van der Waals surface area contributed by atoms with Gasteiger partial charge in [-0.05, 0) is 105 Å². The molecule has 0 aromatic heterocycles. The smallest absolute Gasteiger partial charge is 0.0530 e. The average molecular weight is 651 g/mol. The summed E-state index contributed by atoms with van der Waals surface area (Å²) in [5.41, 5.74) is 18.3. The number of fused-ring (bicyclic) bond motifs is 4. The van der Waals surface area contributed by atoms with E-state index in [2.05, 4.69) is 210 Å². The number of hydrogen-bond acceptors (Lipinski definition) is 2. The summed E-state index contributed by atoms with van der Waals surface area (Å²) in [5, 5.41) is 0. The molecule has 8 aromatic carbocycles. The molecule has 0 amide bonds. The van der Waals surface area contributed by atoms with Crippen molar-refractivity contribution in [2.45, 2.75) is 5.92 Å². The van der Waals surface area contributed by atoms with Crippen molar-refractivity contribution in [2.24, 2.45) is 0 Å². The van der Waals surface area contributed by atoms with Crippen molar-refractivity contribution < 1.29 is 0 Å². The fourth-order valence-electron chi connectivity index (χ4n) is 8.13. The van der Waals surface area contributed by atoms with Gasteiger partial charge in [0.15, 0.2) is 0 Å². The monoisotopic (exact) mass is 650 g/mol. The summed E-state index contributed by atoms with van der Waals surface area (Å²) >= 11 is 0. The van der Waals surface area contributed by atoms with E-state index >= 15 is 0 Å². The first kappa shape index (κ1) is 29.3. The van der Waals surface area contributed by atoms with Crippen molar-refractivity contribution in [3.63, 3.8) is 0 Å². The molecule has 0 fully saturated rings. The number of hydrogen-bond donors (Lipinski definition) is 0. The molecular weight excluding hydrogens is 617 g/mol. The lowest BCUT2D eigenvalue weighted by atomic mass is 9.74. The van der Waals surface area contributed by atoms with Crippen LogP contribution in [0.25, 0.3) is 33.4 Å². The van der Waals surface area contributed by atoms with Gasteiger partial charge in [-0.3, -0.25) is 0 Å². The quantitative estimate of drug-likeness (QED) is 0.183. The van der Waals surface area contributed by atoms with Gasteiger partial charge in [-0.2, -0.15) is 0 Å². The van der Waals surface area contributed by atoms with Crippen molar-refractivity contribution in [1.82, 2.24) is 0 Å². The summed E-state index contributed by atoms with van der Waals surface area (Å²) in [7, 11) is 0. The fraction of sp³-hybridized carbons (Fsp3) is 0.0204. The van der Waals surface area contributed by atoms with Gasteiger partial charge in [0.2, 0.25) is 0 Å². The second kappa shape index (κ2) is 12.0. The van der Waals surface area contributed by atoms with Crippen LogP contribution in [0.4, 0.5) is 34.1 Å². The fourth-order valence-corrected chi connectivity index (χ4v) is 8.13. The minimum absolute atomic E-state index is 0.0112. The summed E-state index contributed by atoms with van der Waals surface area (Å²) in [4.78, 5) is 4.97. The van der Waals surface area contributed by atoms with E-state index in [1.165, 1.54) is 72.8 Å². The Morgan fingerprint density at radius 1 is 0.275 bits per heavy atom. The van der Waals surface area contributed by atoms with Crippen LogP contribution in [-0.4, -0.2) is 0 Å². The van der Waals surface area contributed by atoms with Crippen molar-refractivity contribution in [1.29, 1.82) is 0 Å². The van der Waals surface area contributed by atoms with E-state index in [1.54, 1.807) is 0 Å². The van der Waals surface area contributed by atoms with Gasteiger partial charge in [-0.25, -0.2) is 0 Å². The van der Waals surface area contributed by atoms with Crippen LogP contribution in [0.2, 0.25) is 0 Å². The first-order chi connectivity index (χ1) is 25.3. The maximum absolute atomic E-state index is 2.49. The Morgan fingerprint density at radius 3 is 1.02 bits per heavy atom. The number of rotatable bonds is 5. The van der Waals surface area contributed by atoms with Crippen LogP contribution in [-0.2, 0) is 0 Å². The Hall–Kier alpha value is -6.64.